The molecular formula is C28H28FN3O5S. The third-order valence-electron chi connectivity index (χ3n) is 5.91. The average molecular weight is 538 g/mol. The van der Waals surface area contributed by atoms with Gasteiger partial charge in [-0.15, -0.1) is 0 Å². The first-order chi connectivity index (χ1) is 18.4. The van der Waals surface area contributed by atoms with Crippen molar-refractivity contribution in [2.75, 3.05) is 33.2 Å². The monoisotopic (exact) mass is 537 g/mol. The number of rotatable bonds is 10. The lowest BCUT2D eigenvalue weighted by Gasteiger charge is -2.17. The Kier molecular flexibility index (Phi) is 8.85. The van der Waals surface area contributed by atoms with Crippen LogP contribution in [0.4, 0.5) is 15.8 Å². The summed E-state index contributed by atoms with van der Waals surface area (Å²) in [7, 11) is 4.69. The number of ether oxygens (including phenoxy) is 3. The van der Waals surface area contributed by atoms with E-state index in [1.807, 2.05) is 12.1 Å². The fourth-order valence-electron chi connectivity index (χ4n) is 3.91. The largest absolute Gasteiger partial charge is 0.497 e. The van der Waals surface area contributed by atoms with Gasteiger partial charge in [0.05, 0.1) is 21.3 Å². The summed E-state index contributed by atoms with van der Waals surface area (Å²) in [5.74, 6) is 0.801. The topological polar surface area (TPSA) is 89.5 Å². The van der Waals surface area contributed by atoms with Gasteiger partial charge in [-0.05, 0) is 60.5 Å². The van der Waals surface area contributed by atoms with E-state index in [1.54, 1.807) is 69.9 Å². The van der Waals surface area contributed by atoms with Crippen LogP contribution in [-0.4, -0.2) is 55.0 Å². The highest BCUT2D eigenvalue weighted by molar-refractivity contribution is 8.15. The molecule has 1 fully saturated rings. The Labute approximate surface area is 224 Å². The van der Waals surface area contributed by atoms with Gasteiger partial charge in [0.15, 0.2) is 16.7 Å². The second kappa shape index (κ2) is 12.5. The lowest BCUT2D eigenvalue weighted by molar-refractivity contribution is -0.128. The second-order valence-electron chi connectivity index (χ2n) is 8.36. The van der Waals surface area contributed by atoms with E-state index in [2.05, 4.69) is 10.3 Å². The van der Waals surface area contributed by atoms with Crippen LogP contribution in [0.15, 0.2) is 71.7 Å². The van der Waals surface area contributed by atoms with Crippen molar-refractivity contribution in [1.82, 2.24) is 4.90 Å². The fraction of sp³-hybridized carbons (Fsp3) is 0.250. The summed E-state index contributed by atoms with van der Waals surface area (Å²) in [4.78, 5) is 32.1. The van der Waals surface area contributed by atoms with Crippen molar-refractivity contribution in [3.05, 3.63) is 78.1 Å². The Bertz CT molecular complexity index is 1330. The predicted molar refractivity (Wildman–Crippen MR) is 146 cm³/mol. The van der Waals surface area contributed by atoms with Crippen molar-refractivity contribution in [1.29, 1.82) is 0 Å². The van der Waals surface area contributed by atoms with Crippen LogP contribution in [0.25, 0.3) is 0 Å². The summed E-state index contributed by atoms with van der Waals surface area (Å²) in [5.41, 5.74) is 1.64. The number of benzene rings is 3. The van der Waals surface area contributed by atoms with Crippen LogP contribution < -0.4 is 19.5 Å². The molecule has 10 heteroatoms. The Morgan fingerprint density at radius 2 is 1.74 bits per heavy atom. The van der Waals surface area contributed by atoms with E-state index in [1.165, 1.54) is 11.0 Å². The highest BCUT2D eigenvalue weighted by Crippen LogP contribution is 2.33. The normalized spacial score (nSPS) is 16.0. The Hall–Kier alpha value is -4.05. The van der Waals surface area contributed by atoms with E-state index in [4.69, 9.17) is 14.2 Å². The lowest BCUT2D eigenvalue weighted by atomic mass is 10.1. The van der Waals surface area contributed by atoms with E-state index in [-0.39, 0.29) is 23.9 Å². The number of thioether (sulfide) groups is 1. The Balaban J connectivity index is 1.51. The molecule has 0 aromatic heterocycles. The fourth-order valence-corrected chi connectivity index (χ4v) is 5.08. The number of amides is 2. The minimum Gasteiger partial charge on any atom is -0.497 e. The van der Waals surface area contributed by atoms with Gasteiger partial charge in [-0.25, -0.2) is 9.38 Å². The molecule has 0 radical (unpaired) electrons. The maximum absolute atomic E-state index is 14.4. The maximum atomic E-state index is 14.4. The minimum absolute atomic E-state index is 0.0569. The van der Waals surface area contributed by atoms with Crippen LogP contribution in [0.3, 0.4) is 0 Å². The molecule has 1 heterocycles. The first kappa shape index (κ1) is 27.0. The number of hydrogen-bond donors (Lipinski definition) is 1. The van der Waals surface area contributed by atoms with E-state index in [0.717, 1.165) is 17.3 Å². The zero-order valence-electron chi connectivity index (χ0n) is 21.3. The Morgan fingerprint density at radius 3 is 2.42 bits per heavy atom. The van der Waals surface area contributed by atoms with Crippen molar-refractivity contribution in [3.63, 3.8) is 0 Å². The number of nitrogens with zero attached hydrogens (tertiary/aromatic N) is 2. The van der Waals surface area contributed by atoms with E-state index < -0.39 is 11.1 Å². The molecule has 1 saturated heterocycles. The van der Waals surface area contributed by atoms with Gasteiger partial charge >= 0.3 is 0 Å². The number of carbonyl (C=O) groups is 2. The average Bonchev–Trinajstić information content (AvgIpc) is 3.22. The molecule has 1 aliphatic rings. The predicted octanol–water partition coefficient (Wildman–Crippen LogP) is 5.05. The van der Waals surface area contributed by atoms with E-state index in [9.17, 15) is 14.0 Å². The van der Waals surface area contributed by atoms with Gasteiger partial charge in [0.25, 0.3) is 0 Å². The molecule has 3 aromatic carbocycles. The molecule has 8 nitrogen and oxygen atoms in total. The molecule has 0 saturated carbocycles. The number of methoxy groups -OCH3 is 3. The summed E-state index contributed by atoms with van der Waals surface area (Å²) in [5, 5.41) is 2.47. The molecule has 1 unspecified atom stereocenters. The first-order valence-electron chi connectivity index (χ1n) is 11.9. The number of anilines is 1. The molecule has 198 valence electrons. The highest BCUT2D eigenvalue weighted by Gasteiger charge is 2.39. The SMILES string of the molecule is COc1ccc(NC(=O)CC2SC(=Nc3ccccc3F)N(CCc3ccc(OC)c(OC)c3)C2=O)cc1. The third-order valence-corrected chi connectivity index (χ3v) is 7.08. The van der Waals surface area contributed by atoms with Crippen molar-refractivity contribution in [3.8, 4) is 17.2 Å². The zero-order valence-corrected chi connectivity index (χ0v) is 22.1. The molecule has 38 heavy (non-hydrogen) atoms. The number of para-hydroxylation sites is 1. The summed E-state index contributed by atoms with van der Waals surface area (Å²) in [6, 6.07) is 18.6. The van der Waals surface area contributed by atoms with Gasteiger partial charge in [0.1, 0.15) is 22.5 Å². The first-order valence-corrected chi connectivity index (χ1v) is 12.8. The number of hydrogen-bond acceptors (Lipinski definition) is 7. The van der Waals surface area contributed by atoms with Crippen molar-refractivity contribution < 1.29 is 28.2 Å². The number of carbonyl (C=O) groups excluding carboxylic acids is 2. The quantitative estimate of drug-likeness (QED) is 0.389. The van der Waals surface area contributed by atoms with Crippen LogP contribution in [0.2, 0.25) is 0 Å². The van der Waals surface area contributed by atoms with Gasteiger partial charge in [0.2, 0.25) is 11.8 Å². The summed E-state index contributed by atoms with van der Waals surface area (Å²) < 4.78 is 30.2. The minimum atomic E-state index is -0.691. The standard InChI is InChI=1S/C28H28FN3O5S/c1-35-20-11-9-19(10-12-20)30-26(33)17-25-27(34)32(28(38-25)31-22-7-5-4-6-21(22)29)15-14-18-8-13-23(36-2)24(16-18)37-3/h4-13,16,25H,14-15,17H2,1-3H3,(H,30,33). The van der Waals surface area contributed by atoms with E-state index in [0.29, 0.717) is 41.1 Å². The molecule has 2 amide bonds. The zero-order chi connectivity index (χ0) is 27.1. The van der Waals surface area contributed by atoms with Gasteiger partial charge in [-0.2, -0.15) is 0 Å². The summed E-state index contributed by atoms with van der Waals surface area (Å²) in [6.45, 7) is 0.297. The number of aliphatic imine (C=N–C) groups is 1. The van der Waals surface area contributed by atoms with E-state index >= 15 is 0 Å². The van der Waals surface area contributed by atoms with Crippen molar-refractivity contribution in [2.45, 2.75) is 18.1 Å². The maximum Gasteiger partial charge on any atom is 0.242 e. The molecule has 1 aliphatic heterocycles. The molecule has 0 bridgehead atoms. The van der Waals surface area contributed by atoms with Crippen molar-refractivity contribution in [2.24, 2.45) is 4.99 Å². The molecule has 1 N–H and O–H groups in total. The van der Waals surface area contributed by atoms with Gasteiger partial charge in [-0.3, -0.25) is 14.5 Å². The second-order valence-corrected chi connectivity index (χ2v) is 9.53. The van der Waals surface area contributed by atoms with Crippen LogP contribution >= 0.6 is 11.8 Å². The number of nitrogens with one attached hydrogen (secondary N) is 1. The molecular weight excluding hydrogens is 509 g/mol. The van der Waals surface area contributed by atoms with Crippen molar-refractivity contribution >= 4 is 40.1 Å². The van der Waals surface area contributed by atoms with Crippen LogP contribution in [-0.2, 0) is 16.0 Å². The number of halogens is 1. The highest BCUT2D eigenvalue weighted by atomic mass is 32.2. The lowest BCUT2D eigenvalue weighted by Crippen LogP contribution is -2.35. The van der Waals surface area contributed by atoms with Gasteiger partial charge < -0.3 is 19.5 Å². The van der Waals surface area contributed by atoms with Gasteiger partial charge in [-0.1, -0.05) is 30.0 Å². The Morgan fingerprint density at radius 1 is 1.00 bits per heavy atom. The van der Waals surface area contributed by atoms with Crippen LogP contribution in [0.1, 0.15) is 12.0 Å². The molecule has 1 atom stereocenters. The van der Waals surface area contributed by atoms with Crippen LogP contribution in [0.5, 0.6) is 17.2 Å². The molecule has 0 spiro atoms. The molecule has 0 aliphatic carbocycles. The van der Waals surface area contributed by atoms with Crippen LogP contribution in [0, 0.1) is 5.82 Å². The molecule has 3 aromatic rings. The number of amidine groups is 1. The summed E-state index contributed by atoms with van der Waals surface area (Å²) >= 11 is 1.16. The smallest absolute Gasteiger partial charge is 0.242 e. The van der Waals surface area contributed by atoms with Gasteiger partial charge in [0, 0.05) is 18.7 Å². The third kappa shape index (κ3) is 6.44. The molecule has 4 rings (SSSR count). The summed E-state index contributed by atoms with van der Waals surface area (Å²) in [6.07, 6.45) is 0.437.